The van der Waals surface area contributed by atoms with Crippen molar-refractivity contribution in [2.45, 2.75) is 0 Å². The van der Waals surface area contributed by atoms with E-state index in [0.717, 1.165) is 12.1 Å². The smallest absolute Gasteiger partial charge is 0.269 e. The van der Waals surface area contributed by atoms with Crippen LogP contribution in [-0.4, -0.2) is 17.9 Å². The fourth-order valence-corrected chi connectivity index (χ4v) is 1.48. The first-order valence-electron chi connectivity index (χ1n) is 5.62. The molecule has 0 radical (unpaired) electrons. The molecule has 0 aliphatic rings. The van der Waals surface area contributed by atoms with Gasteiger partial charge in [0.1, 0.15) is 22.9 Å². The number of nitrogens with zero attached hydrogens (tertiary/aromatic N) is 1. The second kappa shape index (κ2) is 5.52. The molecule has 3 N–H and O–H groups in total. The number of halogens is 2. The number of nitrogen functional groups attached to an aromatic ring is 1. The van der Waals surface area contributed by atoms with Crippen LogP contribution in [0.4, 0.5) is 14.5 Å². The first kappa shape index (κ1) is 13.7. The molecule has 2 aromatic rings. The first-order valence-corrected chi connectivity index (χ1v) is 5.62. The Morgan fingerprint density at radius 2 is 2.10 bits per heavy atom. The summed E-state index contributed by atoms with van der Waals surface area (Å²) in [5.41, 5.74) is 4.72. The summed E-state index contributed by atoms with van der Waals surface area (Å²) in [7, 11) is 1.46. The largest absolute Gasteiger partial charge is 0.454 e. The van der Waals surface area contributed by atoms with Crippen LogP contribution in [0.25, 0.3) is 0 Å². The molecule has 0 saturated heterocycles. The zero-order chi connectivity index (χ0) is 14.7. The van der Waals surface area contributed by atoms with E-state index in [9.17, 15) is 13.6 Å². The van der Waals surface area contributed by atoms with E-state index in [1.165, 1.54) is 25.4 Å². The van der Waals surface area contributed by atoms with Gasteiger partial charge < -0.3 is 15.8 Å². The van der Waals surface area contributed by atoms with Crippen LogP contribution >= 0.6 is 0 Å². The fourth-order valence-electron chi connectivity index (χ4n) is 1.48. The van der Waals surface area contributed by atoms with E-state index in [0.29, 0.717) is 0 Å². The second-order valence-corrected chi connectivity index (χ2v) is 3.83. The van der Waals surface area contributed by atoms with Crippen molar-refractivity contribution in [2.24, 2.45) is 0 Å². The van der Waals surface area contributed by atoms with Gasteiger partial charge in [-0.2, -0.15) is 0 Å². The van der Waals surface area contributed by atoms with Gasteiger partial charge in [-0.05, 0) is 18.2 Å². The molecule has 1 aromatic heterocycles. The van der Waals surface area contributed by atoms with Gasteiger partial charge in [0.05, 0.1) is 0 Å². The van der Waals surface area contributed by atoms with Gasteiger partial charge in [-0.15, -0.1) is 0 Å². The van der Waals surface area contributed by atoms with Crippen LogP contribution < -0.4 is 15.8 Å². The van der Waals surface area contributed by atoms with Gasteiger partial charge in [0.2, 0.25) is 0 Å². The fraction of sp³-hybridized carbons (Fsp3) is 0.0769. The van der Waals surface area contributed by atoms with Gasteiger partial charge in [-0.1, -0.05) is 0 Å². The maximum absolute atomic E-state index is 13.7. The molecule has 2 rings (SSSR count). The molecule has 0 aliphatic heterocycles. The minimum Gasteiger partial charge on any atom is -0.454 e. The van der Waals surface area contributed by atoms with E-state index in [1.54, 1.807) is 0 Å². The number of hydrogen-bond donors (Lipinski definition) is 2. The molecule has 0 unspecified atom stereocenters. The number of hydrogen-bond acceptors (Lipinski definition) is 4. The van der Waals surface area contributed by atoms with E-state index in [4.69, 9.17) is 10.5 Å². The Morgan fingerprint density at radius 3 is 2.80 bits per heavy atom. The molecule has 5 nitrogen and oxygen atoms in total. The van der Waals surface area contributed by atoms with Crippen LogP contribution in [0.5, 0.6) is 11.5 Å². The Bertz CT molecular complexity index is 662. The number of rotatable bonds is 3. The minimum absolute atomic E-state index is 0.112. The van der Waals surface area contributed by atoms with Crippen LogP contribution in [0.1, 0.15) is 10.5 Å². The molecule has 1 amide bonds. The van der Waals surface area contributed by atoms with Gasteiger partial charge >= 0.3 is 0 Å². The average molecular weight is 279 g/mol. The summed E-state index contributed by atoms with van der Waals surface area (Å²) in [6, 6.07) is 4.87. The van der Waals surface area contributed by atoms with Crippen LogP contribution in [0.15, 0.2) is 30.5 Å². The lowest BCUT2D eigenvalue weighted by molar-refractivity contribution is 0.0958. The maximum atomic E-state index is 13.7. The van der Waals surface area contributed by atoms with Gasteiger partial charge in [0.15, 0.2) is 11.6 Å². The van der Waals surface area contributed by atoms with Gasteiger partial charge in [0, 0.05) is 19.3 Å². The number of amides is 1. The molecule has 0 aliphatic carbocycles. The zero-order valence-electron chi connectivity index (χ0n) is 10.5. The number of carbonyl (C=O) groups is 1. The van der Waals surface area contributed by atoms with E-state index in [1.807, 2.05) is 0 Å². The first-order chi connectivity index (χ1) is 9.52. The summed E-state index contributed by atoms with van der Waals surface area (Å²) in [4.78, 5) is 15.2. The molecule has 0 fully saturated rings. The molecule has 1 heterocycles. The normalized spacial score (nSPS) is 10.2. The third kappa shape index (κ3) is 2.66. The Labute approximate surface area is 113 Å². The Balaban J connectivity index is 2.31. The summed E-state index contributed by atoms with van der Waals surface area (Å²) in [5.74, 6) is -2.32. The molecule has 0 bridgehead atoms. The summed E-state index contributed by atoms with van der Waals surface area (Å²) in [5, 5.41) is 2.40. The van der Waals surface area contributed by atoms with Crippen LogP contribution in [0.3, 0.4) is 0 Å². The molecule has 104 valence electrons. The van der Waals surface area contributed by atoms with E-state index >= 15 is 0 Å². The number of aromatic nitrogens is 1. The van der Waals surface area contributed by atoms with Crippen molar-refractivity contribution in [3.63, 3.8) is 0 Å². The van der Waals surface area contributed by atoms with Crippen molar-refractivity contribution in [3.8, 4) is 11.5 Å². The highest BCUT2D eigenvalue weighted by molar-refractivity contribution is 5.92. The Morgan fingerprint density at radius 1 is 1.35 bits per heavy atom. The lowest BCUT2D eigenvalue weighted by atomic mass is 10.2. The molecule has 0 spiro atoms. The zero-order valence-corrected chi connectivity index (χ0v) is 10.5. The van der Waals surface area contributed by atoms with Crippen molar-refractivity contribution in [2.75, 3.05) is 12.8 Å². The third-order valence-electron chi connectivity index (χ3n) is 2.51. The Hall–Kier alpha value is -2.70. The van der Waals surface area contributed by atoms with Crippen molar-refractivity contribution in [1.82, 2.24) is 10.3 Å². The molecule has 0 saturated carbocycles. The van der Waals surface area contributed by atoms with Crippen molar-refractivity contribution in [3.05, 3.63) is 47.8 Å². The van der Waals surface area contributed by atoms with Crippen molar-refractivity contribution >= 4 is 11.6 Å². The highest BCUT2D eigenvalue weighted by Gasteiger charge is 2.13. The molecular weight excluding hydrogens is 268 g/mol. The molecule has 7 heteroatoms. The van der Waals surface area contributed by atoms with Crippen LogP contribution in [-0.2, 0) is 0 Å². The number of carbonyl (C=O) groups excluding carboxylic acids is 1. The third-order valence-corrected chi connectivity index (χ3v) is 2.51. The van der Waals surface area contributed by atoms with E-state index in [2.05, 4.69) is 10.3 Å². The lowest BCUT2D eigenvalue weighted by Gasteiger charge is -2.09. The predicted octanol–water partition coefficient (Wildman–Crippen LogP) is 2.09. The number of ether oxygens (including phenoxy) is 1. The summed E-state index contributed by atoms with van der Waals surface area (Å²) < 4.78 is 32.0. The molecule has 20 heavy (non-hydrogen) atoms. The number of pyridine rings is 1. The summed E-state index contributed by atoms with van der Waals surface area (Å²) in [6.45, 7) is 0. The molecular formula is C13H11F2N3O2. The van der Waals surface area contributed by atoms with Crippen LogP contribution in [0, 0.1) is 11.6 Å². The SMILES string of the molecule is CNC(=O)c1cc(Oc2ccc(F)c(N)c2F)ccn1. The summed E-state index contributed by atoms with van der Waals surface area (Å²) in [6.07, 6.45) is 1.34. The second-order valence-electron chi connectivity index (χ2n) is 3.83. The Kier molecular flexibility index (Phi) is 3.79. The number of nitrogens with two attached hydrogens (primary N) is 1. The van der Waals surface area contributed by atoms with Crippen molar-refractivity contribution in [1.29, 1.82) is 0 Å². The number of nitrogens with one attached hydrogen (secondary N) is 1. The van der Waals surface area contributed by atoms with Gasteiger partial charge in [-0.25, -0.2) is 8.78 Å². The lowest BCUT2D eigenvalue weighted by Crippen LogP contribution is -2.18. The quantitative estimate of drug-likeness (QED) is 0.843. The molecule has 1 aromatic carbocycles. The maximum Gasteiger partial charge on any atom is 0.269 e. The predicted molar refractivity (Wildman–Crippen MR) is 68.5 cm³/mol. The standard InChI is InChI=1S/C13H11F2N3O2/c1-17-13(19)9-6-7(4-5-18-9)20-10-3-2-8(14)12(16)11(10)15/h2-6H,16H2,1H3,(H,17,19). The summed E-state index contributed by atoms with van der Waals surface area (Å²) >= 11 is 0. The highest BCUT2D eigenvalue weighted by Crippen LogP contribution is 2.29. The van der Waals surface area contributed by atoms with Gasteiger partial charge in [0.25, 0.3) is 5.91 Å². The topological polar surface area (TPSA) is 77.2 Å². The van der Waals surface area contributed by atoms with E-state index < -0.39 is 23.2 Å². The van der Waals surface area contributed by atoms with Crippen LogP contribution in [0.2, 0.25) is 0 Å². The number of benzene rings is 1. The monoisotopic (exact) mass is 279 g/mol. The highest BCUT2D eigenvalue weighted by atomic mass is 19.1. The van der Waals surface area contributed by atoms with E-state index in [-0.39, 0.29) is 17.2 Å². The molecule has 0 atom stereocenters. The van der Waals surface area contributed by atoms with Crippen molar-refractivity contribution < 1.29 is 18.3 Å². The van der Waals surface area contributed by atoms with Gasteiger partial charge in [-0.3, -0.25) is 9.78 Å². The minimum atomic E-state index is -0.997. The average Bonchev–Trinajstić information content (AvgIpc) is 2.47. The number of anilines is 1.